The SMILES string of the molecule is CS(=O)c1ccc(C(=O)c2ccc3n2CCCC3C(=O)O)cc1. The lowest BCUT2D eigenvalue weighted by molar-refractivity contribution is -0.139. The third-order valence-corrected chi connectivity index (χ3v) is 5.16. The van der Waals surface area contributed by atoms with Crippen LogP contribution < -0.4 is 0 Å². The van der Waals surface area contributed by atoms with Crippen LogP contribution in [0.3, 0.4) is 0 Å². The molecule has 0 saturated carbocycles. The number of hydrogen-bond donors (Lipinski definition) is 1. The molecule has 0 amide bonds. The van der Waals surface area contributed by atoms with E-state index in [0.29, 0.717) is 34.8 Å². The van der Waals surface area contributed by atoms with E-state index in [2.05, 4.69) is 0 Å². The first-order chi connectivity index (χ1) is 11.0. The van der Waals surface area contributed by atoms with Crippen LogP contribution in [-0.2, 0) is 22.1 Å². The largest absolute Gasteiger partial charge is 0.481 e. The monoisotopic (exact) mass is 331 g/mol. The van der Waals surface area contributed by atoms with Crippen LogP contribution in [0, 0.1) is 0 Å². The number of carbonyl (C=O) groups is 2. The number of aliphatic carboxylic acids is 1. The van der Waals surface area contributed by atoms with E-state index < -0.39 is 22.7 Å². The third kappa shape index (κ3) is 2.86. The fraction of sp³-hybridized carbons (Fsp3) is 0.294. The summed E-state index contributed by atoms with van der Waals surface area (Å²) in [6, 6.07) is 10.1. The number of hydrogen-bond acceptors (Lipinski definition) is 3. The van der Waals surface area contributed by atoms with Gasteiger partial charge in [0.15, 0.2) is 0 Å². The maximum atomic E-state index is 12.7. The number of ketones is 1. The third-order valence-electron chi connectivity index (χ3n) is 4.23. The van der Waals surface area contributed by atoms with Gasteiger partial charge in [0.1, 0.15) is 0 Å². The summed E-state index contributed by atoms with van der Waals surface area (Å²) in [7, 11) is -1.08. The van der Waals surface area contributed by atoms with Crippen molar-refractivity contribution in [3.63, 3.8) is 0 Å². The van der Waals surface area contributed by atoms with E-state index in [1.54, 1.807) is 42.7 Å². The molecule has 5 nitrogen and oxygen atoms in total. The lowest BCUT2D eigenvalue weighted by atomic mass is 9.96. The molecular weight excluding hydrogens is 314 g/mol. The molecule has 120 valence electrons. The Kier molecular flexibility index (Phi) is 4.17. The van der Waals surface area contributed by atoms with Gasteiger partial charge in [-0.25, -0.2) is 0 Å². The first-order valence-electron chi connectivity index (χ1n) is 7.39. The van der Waals surface area contributed by atoms with Gasteiger partial charge >= 0.3 is 5.97 Å². The van der Waals surface area contributed by atoms with Crippen LogP contribution in [0.25, 0.3) is 0 Å². The highest BCUT2D eigenvalue weighted by Gasteiger charge is 2.29. The fourth-order valence-corrected chi connectivity index (χ4v) is 3.55. The Hall–Kier alpha value is -2.21. The Balaban J connectivity index is 1.95. The first kappa shape index (κ1) is 15.7. The maximum absolute atomic E-state index is 12.7. The Morgan fingerprint density at radius 1 is 1.17 bits per heavy atom. The molecule has 1 aromatic carbocycles. The first-order valence-corrected chi connectivity index (χ1v) is 8.95. The Bertz CT molecular complexity index is 791. The Labute approximate surface area is 136 Å². The van der Waals surface area contributed by atoms with Crippen molar-refractivity contribution in [1.82, 2.24) is 4.57 Å². The minimum Gasteiger partial charge on any atom is -0.481 e. The molecule has 3 rings (SSSR count). The second-order valence-corrected chi connectivity index (χ2v) is 7.02. The summed E-state index contributed by atoms with van der Waals surface area (Å²) >= 11 is 0. The van der Waals surface area contributed by atoms with Crippen molar-refractivity contribution < 1.29 is 18.9 Å². The number of rotatable bonds is 4. The van der Waals surface area contributed by atoms with Crippen LogP contribution in [0.15, 0.2) is 41.3 Å². The van der Waals surface area contributed by atoms with Gasteiger partial charge < -0.3 is 9.67 Å². The molecule has 23 heavy (non-hydrogen) atoms. The highest BCUT2D eigenvalue weighted by Crippen LogP contribution is 2.30. The fourth-order valence-electron chi connectivity index (χ4n) is 3.03. The molecule has 2 aromatic rings. The van der Waals surface area contributed by atoms with E-state index in [0.717, 1.165) is 6.42 Å². The quantitative estimate of drug-likeness (QED) is 0.873. The van der Waals surface area contributed by atoms with Gasteiger partial charge in [-0.1, -0.05) is 0 Å². The summed E-state index contributed by atoms with van der Waals surface area (Å²) in [6.45, 7) is 0.657. The predicted octanol–water partition coefficient (Wildman–Crippen LogP) is 2.42. The molecule has 6 heteroatoms. The molecule has 2 heterocycles. The summed E-state index contributed by atoms with van der Waals surface area (Å²) in [4.78, 5) is 24.7. The van der Waals surface area contributed by atoms with E-state index >= 15 is 0 Å². The van der Waals surface area contributed by atoms with Crippen molar-refractivity contribution in [3.05, 3.63) is 53.3 Å². The summed E-state index contributed by atoms with van der Waals surface area (Å²) in [6.07, 6.45) is 2.93. The molecule has 1 N–H and O–H groups in total. The van der Waals surface area contributed by atoms with E-state index in [4.69, 9.17) is 0 Å². The molecular formula is C17H17NO4S. The molecule has 0 aliphatic carbocycles. The van der Waals surface area contributed by atoms with Gasteiger partial charge in [-0.05, 0) is 49.2 Å². The number of carboxylic acids is 1. The van der Waals surface area contributed by atoms with Crippen LogP contribution in [0.5, 0.6) is 0 Å². The van der Waals surface area contributed by atoms with Crippen LogP contribution in [0.2, 0.25) is 0 Å². The van der Waals surface area contributed by atoms with Crippen molar-refractivity contribution in [1.29, 1.82) is 0 Å². The number of benzene rings is 1. The van der Waals surface area contributed by atoms with Crippen molar-refractivity contribution >= 4 is 22.6 Å². The highest BCUT2D eigenvalue weighted by molar-refractivity contribution is 7.84. The van der Waals surface area contributed by atoms with Gasteiger partial charge in [0.05, 0.1) is 11.6 Å². The van der Waals surface area contributed by atoms with E-state index in [1.165, 1.54) is 0 Å². The number of carboxylic acid groups (broad SMARTS) is 1. The van der Waals surface area contributed by atoms with E-state index in [1.807, 2.05) is 4.57 Å². The van der Waals surface area contributed by atoms with E-state index in [-0.39, 0.29) is 5.78 Å². The number of nitrogens with zero attached hydrogens (tertiary/aromatic N) is 1. The number of aromatic nitrogens is 1. The van der Waals surface area contributed by atoms with Gasteiger partial charge in [0.2, 0.25) is 5.78 Å². The normalized spacial score (nSPS) is 18.2. The number of fused-ring (bicyclic) bond motifs is 1. The van der Waals surface area contributed by atoms with Gasteiger partial charge in [-0.15, -0.1) is 0 Å². The maximum Gasteiger partial charge on any atom is 0.312 e. The van der Waals surface area contributed by atoms with Crippen molar-refractivity contribution in [2.24, 2.45) is 0 Å². The predicted molar refractivity (Wildman–Crippen MR) is 86.2 cm³/mol. The molecule has 0 spiro atoms. The van der Waals surface area contributed by atoms with Crippen LogP contribution >= 0.6 is 0 Å². The second-order valence-electron chi connectivity index (χ2n) is 5.64. The lowest BCUT2D eigenvalue weighted by Crippen LogP contribution is -2.23. The Morgan fingerprint density at radius 3 is 2.48 bits per heavy atom. The smallest absolute Gasteiger partial charge is 0.312 e. The van der Waals surface area contributed by atoms with Gasteiger partial charge in [0, 0.05) is 39.8 Å². The van der Waals surface area contributed by atoms with E-state index in [9.17, 15) is 18.9 Å². The molecule has 2 unspecified atom stereocenters. The number of carbonyl (C=O) groups excluding carboxylic acids is 1. The molecule has 0 fully saturated rings. The van der Waals surface area contributed by atoms with Gasteiger partial charge in [-0.3, -0.25) is 13.8 Å². The van der Waals surface area contributed by atoms with Gasteiger partial charge in [0.25, 0.3) is 0 Å². The molecule has 1 aromatic heterocycles. The summed E-state index contributed by atoms with van der Waals surface area (Å²) in [5.41, 5.74) is 1.72. The molecule has 2 atom stereocenters. The molecule has 0 radical (unpaired) electrons. The standard InChI is InChI=1S/C17H17NO4S/c1-23(22)12-6-4-11(5-7-12)16(19)15-9-8-14-13(17(20)21)3-2-10-18(14)15/h4-9,13H,2-3,10H2,1H3,(H,20,21). The zero-order valence-electron chi connectivity index (χ0n) is 12.7. The summed E-state index contributed by atoms with van der Waals surface area (Å²) in [5.74, 6) is -1.54. The van der Waals surface area contributed by atoms with Gasteiger partial charge in [-0.2, -0.15) is 0 Å². The molecule has 0 bridgehead atoms. The average molecular weight is 331 g/mol. The van der Waals surface area contributed by atoms with Crippen molar-refractivity contribution in [2.75, 3.05) is 6.26 Å². The minimum absolute atomic E-state index is 0.143. The Morgan fingerprint density at radius 2 is 1.87 bits per heavy atom. The molecule has 0 saturated heterocycles. The lowest BCUT2D eigenvalue weighted by Gasteiger charge is -2.23. The van der Waals surface area contributed by atoms with Crippen LogP contribution in [-0.4, -0.2) is 31.9 Å². The second kappa shape index (κ2) is 6.12. The zero-order chi connectivity index (χ0) is 16.6. The van der Waals surface area contributed by atoms with Crippen LogP contribution in [0.4, 0.5) is 0 Å². The summed E-state index contributed by atoms with van der Waals surface area (Å²) < 4.78 is 13.2. The zero-order valence-corrected chi connectivity index (χ0v) is 13.5. The topological polar surface area (TPSA) is 76.4 Å². The summed E-state index contributed by atoms with van der Waals surface area (Å²) in [5, 5.41) is 9.31. The average Bonchev–Trinajstić information content (AvgIpc) is 2.98. The minimum atomic E-state index is -1.08. The van der Waals surface area contributed by atoms with Crippen molar-refractivity contribution in [3.8, 4) is 0 Å². The highest BCUT2D eigenvalue weighted by atomic mass is 32.2. The molecule has 1 aliphatic heterocycles. The van der Waals surface area contributed by atoms with Crippen molar-refractivity contribution in [2.45, 2.75) is 30.2 Å². The van der Waals surface area contributed by atoms with Crippen LogP contribution in [0.1, 0.15) is 40.5 Å². The molecule has 1 aliphatic rings.